The summed E-state index contributed by atoms with van der Waals surface area (Å²) in [4.78, 5) is 31.9. The topological polar surface area (TPSA) is 91.1 Å². The first-order valence-corrected chi connectivity index (χ1v) is 21.5. The highest BCUT2D eigenvalue weighted by molar-refractivity contribution is 6.35. The van der Waals surface area contributed by atoms with Gasteiger partial charge in [-0.1, -0.05) is 42.6 Å². The van der Waals surface area contributed by atoms with E-state index in [1.165, 1.54) is 25.0 Å². The number of carbonyl (C=O) groups is 2. The molecule has 1 aliphatic carbocycles. The van der Waals surface area contributed by atoms with E-state index in [1.807, 2.05) is 90.5 Å². The van der Waals surface area contributed by atoms with Gasteiger partial charge in [-0.3, -0.25) is 9.58 Å². The number of aryl methyl sites for hydroxylation is 3. The molecule has 1 saturated heterocycles. The summed E-state index contributed by atoms with van der Waals surface area (Å²) in [6.45, 7) is 17.6. The monoisotopic (exact) mass is 827 g/mol. The third-order valence-corrected chi connectivity index (χ3v) is 12.1. The third-order valence-electron chi connectivity index (χ3n) is 11.7. The van der Waals surface area contributed by atoms with E-state index in [9.17, 15) is 14.0 Å². The number of hydrogen-bond acceptors (Lipinski definition) is 7. The van der Waals surface area contributed by atoms with Crippen LogP contribution in [0.3, 0.4) is 0 Å². The van der Waals surface area contributed by atoms with Crippen LogP contribution < -0.4 is 4.74 Å². The molecule has 12 heteroatoms. The second-order valence-corrected chi connectivity index (χ2v) is 18.4. The maximum Gasteiger partial charge on any atom is 0.410 e. The Morgan fingerprint density at radius 3 is 2.32 bits per heavy atom. The Morgan fingerprint density at radius 1 is 0.915 bits per heavy atom. The number of ether oxygens (including phenoxy) is 3. The summed E-state index contributed by atoms with van der Waals surface area (Å²) >= 11 is 7.21. The van der Waals surface area contributed by atoms with Crippen LogP contribution in [0.4, 0.5) is 9.18 Å². The number of nitrogens with zero attached hydrogens (tertiary/aromatic N) is 5. The lowest BCUT2D eigenvalue weighted by molar-refractivity contribution is -0.00727. The predicted molar refractivity (Wildman–Crippen MR) is 232 cm³/mol. The van der Waals surface area contributed by atoms with Crippen molar-refractivity contribution in [3.63, 3.8) is 0 Å². The second kappa shape index (κ2) is 17.2. The number of aromatic nitrogens is 3. The van der Waals surface area contributed by atoms with Gasteiger partial charge in [0.1, 0.15) is 28.5 Å². The first kappa shape index (κ1) is 42.5. The average molecular weight is 828 g/mol. The Balaban J connectivity index is 1.26. The van der Waals surface area contributed by atoms with E-state index in [2.05, 4.69) is 9.47 Å². The quantitative estimate of drug-likeness (QED) is 0.0813. The summed E-state index contributed by atoms with van der Waals surface area (Å²) in [6, 6.07) is 14.3. The number of halogens is 2. The Bertz CT molecular complexity index is 2350. The van der Waals surface area contributed by atoms with Gasteiger partial charge in [-0.15, -0.1) is 0 Å². The molecule has 59 heavy (non-hydrogen) atoms. The number of carbonyl (C=O) groups excluding carboxylic acids is 2. The number of esters is 1. The van der Waals surface area contributed by atoms with E-state index >= 15 is 0 Å². The van der Waals surface area contributed by atoms with Crippen LogP contribution in [0.5, 0.6) is 5.75 Å². The number of hydrogen-bond donors (Lipinski definition) is 0. The Kier molecular flexibility index (Phi) is 12.4. The summed E-state index contributed by atoms with van der Waals surface area (Å²) in [5, 5.41) is 7.90. The molecule has 1 amide bonds. The van der Waals surface area contributed by atoms with Crippen molar-refractivity contribution < 1.29 is 28.2 Å². The summed E-state index contributed by atoms with van der Waals surface area (Å²) in [7, 11) is 1.93. The average Bonchev–Trinajstić information content (AvgIpc) is 3.91. The minimum absolute atomic E-state index is 0.291. The number of rotatable bonds is 14. The van der Waals surface area contributed by atoms with Gasteiger partial charge in [0.15, 0.2) is 0 Å². The van der Waals surface area contributed by atoms with Crippen molar-refractivity contribution in [2.75, 3.05) is 39.3 Å². The first-order valence-electron chi connectivity index (χ1n) is 21.1. The minimum atomic E-state index is -0.663. The Labute approximate surface area is 352 Å². The van der Waals surface area contributed by atoms with Gasteiger partial charge in [0.05, 0.1) is 22.8 Å². The van der Waals surface area contributed by atoms with Crippen LogP contribution in [0.25, 0.3) is 32.8 Å². The van der Waals surface area contributed by atoms with Gasteiger partial charge in [0.25, 0.3) is 0 Å². The molecule has 0 spiro atoms. The molecule has 3 aromatic carbocycles. The zero-order valence-corrected chi connectivity index (χ0v) is 36.7. The number of benzene rings is 3. The van der Waals surface area contributed by atoms with Gasteiger partial charge in [-0.05, 0) is 121 Å². The lowest BCUT2D eigenvalue weighted by Crippen LogP contribution is -2.50. The van der Waals surface area contributed by atoms with Crippen LogP contribution in [-0.2, 0) is 29.5 Å². The van der Waals surface area contributed by atoms with Crippen LogP contribution in [0.2, 0.25) is 5.02 Å². The zero-order valence-electron chi connectivity index (χ0n) is 35.9. The van der Waals surface area contributed by atoms with E-state index < -0.39 is 11.2 Å². The van der Waals surface area contributed by atoms with Gasteiger partial charge >= 0.3 is 12.1 Å². The van der Waals surface area contributed by atoms with Crippen molar-refractivity contribution in [2.45, 2.75) is 105 Å². The lowest BCUT2D eigenvalue weighted by atomic mass is 9.98. The summed E-state index contributed by atoms with van der Waals surface area (Å²) < 4.78 is 36.5. The standard InChI is InChI=1S/C47H59ClFN5O5/c1-30-40(31(2)51(8)50-30)41-38(48)19-18-37-36(12-10-28-57-39-13-9-11-33-29-34(49)16-17-35(33)39)43(44(55)58-47(6,7)21-20-32-14-15-32)54(42(37)41)27-24-52-22-25-53(26-23-52)45(56)59-46(3,4)5/h9,11,13,16-19,29,32H,10,12,14-15,20-28H2,1-8H3. The molecular weight excluding hydrogens is 769 g/mol. The highest BCUT2D eigenvalue weighted by atomic mass is 35.5. The Hall–Kier alpha value is -4.61. The van der Waals surface area contributed by atoms with E-state index in [1.54, 1.807) is 11.0 Å². The summed E-state index contributed by atoms with van der Waals surface area (Å²) in [5.41, 5.74) is 4.66. The molecule has 3 heterocycles. The molecule has 316 valence electrons. The molecule has 0 radical (unpaired) electrons. The van der Waals surface area contributed by atoms with Crippen molar-refractivity contribution >= 4 is 45.3 Å². The van der Waals surface area contributed by atoms with Crippen LogP contribution >= 0.6 is 11.6 Å². The van der Waals surface area contributed by atoms with Crippen molar-refractivity contribution in [3.05, 3.63) is 82.0 Å². The molecule has 10 nitrogen and oxygen atoms in total. The number of amides is 1. The molecule has 1 aliphatic heterocycles. The third kappa shape index (κ3) is 9.73. The van der Waals surface area contributed by atoms with Crippen molar-refractivity contribution in [1.82, 2.24) is 24.1 Å². The molecule has 0 bridgehead atoms. The Morgan fingerprint density at radius 2 is 1.64 bits per heavy atom. The van der Waals surface area contributed by atoms with Crippen LogP contribution in [0, 0.1) is 25.6 Å². The predicted octanol–water partition coefficient (Wildman–Crippen LogP) is 10.3. The zero-order chi connectivity index (χ0) is 42.2. The minimum Gasteiger partial charge on any atom is -0.493 e. The van der Waals surface area contributed by atoms with Crippen LogP contribution in [0.1, 0.15) is 94.2 Å². The molecule has 7 rings (SSSR count). The molecule has 0 unspecified atom stereocenters. The molecular formula is C47H59ClFN5O5. The van der Waals surface area contributed by atoms with Crippen molar-refractivity contribution in [2.24, 2.45) is 13.0 Å². The van der Waals surface area contributed by atoms with E-state index in [0.29, 0.717) is 81.1 Å². The highest BCUT2D eigenvalue weighted by Gasteiger charge is 2.34. The van der Waals surface area contributed by atoms with Gasteiger partial charge in [0, 0.05) is 73.9 Å². The molecule has 2 fully saturated rings. The maximum atomic E-state index is 14.9. The van der Waals surface area contributed by atoms with Gasteiger partial charge < -0.3 is 23.7 Å². The number of piperazine rings is 1. The smallest absolute Gasteiger partial charge is 0.410 e. The molecule has 2 aromatic heterocycles. The second-order valence-electron chi connectivity index (χ2n) is 18.0. The first-order chi connectivity index (χ1) is 28.0. The fraction of sp³-hybridized carbons (Fsp3) is 0.511. The van der Waals surface area contributed by atoms with Gasteiger partial charge in [-0.2, -0.15) is 5.10 Å². The van der Waals surface area contributed by atoms with E-state index in [4.69, 9.17) is 30.9 Å². The fourth-order valence-corrected chi connectivity index (χ4v) is 8.64. The SMILES string of the molecule is Cc1nn(C)c(C)c1-c1c(Cl)ccc2c(CCCOc3cccc4cc(F)ccc34)c(C(=O)OC(C)(C)CCC3CC3)n(CCN3CCN(C(=O)OC(C)(C)C)CC3)c12. The normalized spacial score (nSPS) is 15.3. The van der Waals surface area contributed by atoms with Crippen molar-refractivity contribution in [3.8, 4) is 16.9 Å². The molecule has 1 saturated carbocycles. The lowest BCUT2D eigenvalue weighted by Gasteiger charge is -2.35. The summed E-state index contributed by atoms with van der Waals surface area (Å²) in [5.74, 6) is 0.748. The summed E-state index contributed by atoms with van der Waals surface area (Å²) in [6.07, 6.45) is 5.14. The van der Waals surface area contributed by atoms with Crippen LogP contribution in [-0.4, -0.2) is 86.7 Å². The van der Waals surface area contributed by atoms with E-state index in [-0.39, 0.29) is 17.9 Å². The van der Waals surface area contributed by atoms with Crippen LogP contribution in [0.15, 0.2) is 48.5 Å². The highest BCUT2D eigenvalue weighted by Crippen LogP contribution is 2.43. The van der Waals surface area contributed by atoms with Gasteiger partial charge in [-0.25, -0.2) is 14.0 Å². The molecule has 2 aliphatic rings. The molecule has 0 N–H and O–H groups in total. The number of fused-ring (bicyclic) bond motifs is 2. The molecule has 5 aromatic rings. The van der Waals surface area contributed by atoms with Crippen molar-refractivity contribution in [1.29, 1.82) is 0 Å². The maximum absolute atomic E-state index is 14.9. The van der Waals surface area contributed by atoms with E-state index in [0.717, 1.165) is 62.6 Å². The largest absolute Gasteiger partial charge is 0.493 e. The fourth-order valence-electron chi connectivity index (χ4n) is 8.39. The molecule has 0 atom stereocenters. The van der Waals surface area contributed by atoms with Gasteiger partial charge in [0.2, 0.25) is 0 Å².